The van der Waals surface area contributed by atoms with E-state index in [4.69, 9.17) is 5.73 Å². The highest BCUT2D eigenvalue weighted by Gasteiger charge is 2.10. The van der Waals surface area contributed by atoms with E-state index in [1.165, 1.54) is 4.88 Å². The lowest BCUT2D eigenvalue weighted by molar-refractivity contribution is 1.19. The minimum atomic E-state index is 0.502. The van der Waals surface area contributed by atoms with Crippen LogP contribution in [0.25, 0.3) is 11.3 Å². The Morgan fingerprint density at radius 3 is 2.61 bits per heavy atom. The quantitative estimate of drug-likeness (QED) is 0.857. The van der Waals surface area contributed by atoms with E-state index in [2.05, 4.69) is 24.0 Å². The molecule has 0 aliphatic heterocycles. The van der Waals surface area contributed by atoms with Crippen LogP contribution in [0.5, 0.6) is 0 Å². The molecule has 0 aliphatic carbocycles. The van der Waals surface area contributed by atoms with Crippen molar-refractivity contribution in [3.63, 3.8) is 0 Å². The molecule has 0 radical (unpaired) electrons. The Kier molecular flexibility index (Phi) is 3.75. The van der Waals surface area contributed by atoms with Crippen molar-refractivity contribution in [3.05, 3.63) is 52.0 Å². The zero-order chi connectivity index (χ0) is 13.0. The Balaban J connectivity index is 2.47. The first-order valence-corrected chi connectivity index (χ1v) is 6.47. The molecule has 2 heterocycles. The van der Waals surface area contributed by atoms with Gasteiger partial charge < -0.3 is 5.73 Å². The van der Waals surface area contributed by atoms with Gasteiger partial charge in [0.15, 0.2) is 0 Å². The fourth-order valence-corrected chi connectivity index (χ4v) is 2.55. The van der Waals surface area contributed by atoms with Crippen LogP contribution in [-0.2, 0) is 6.42 Å². The lowest BCUT2D eigenvalue weighted by Crippen LogP contribution is -1.98. The summed E-state index contributed by atoms with van der Waals surface area (Å²) in [5, 5.41) is 9.27. The first-order chi connectivity index (χ1) is 8.76. The smallest absolute Gasteiger partial charge is 0.102 e. The molecule has 18 heavy (non-hydrogen) atoms. The van der Waals surface area contributed by atoms with E-state index in [0.717, 1.165) is 16.9 Å². The molecule has 4 heteroatoms. The number of nitrogens with zero attached hydrogens (tertiary/aromatic N) is 2. The van der Waals surface area contributed by atoms with Gasteiger partial charge >= 0.3 is 0 Å². The van der Waals surface area contributed by atoms with Crippen molar-refractivity contribution < 1.29 is 0 Å². The number of hydrogen-bond acceptors (Lipinski definition) is 4. The van der Waals surface area contributed by atoms with Crippen LogP contribution >= 0.6 is 11.3 Å². The van der Waals surface area contributed by atoms with E-state index in [1.54, 1.807) is 35.9 Å². The van der Waals surface area contributed by atoms with Crippen LogP contribution in [0.15, 0.2) is 36.7 Å². The predicted octanol–water partition coefficient (Wildman–Crippen LogP) is 3.06. The van der Waals surface area contributed by atoms with Crippen molar-refractivity contribution in [2.45, 2.75) is 13.3 Å². The van der Waals surface area contributed by atoms with Gasteiger partial charge in [-0.25, -0.2) is 0 Å². The second kappa shape index (κ2) is 5.48. The number of nitrogens with two attached hydrogens (primary N) is 1. The second-order valence-corrected chi connectivity index (χ2v) is 4.92. The molecule has 0 aliphatic rings. The molecule has 0 unspecified atom stereocenters. The van der Waals surface area contributed by atoms with E-state index in [-0.39, 0.29) is 0 Å². The molecule has 2 N–H and O–H groups in total. The molecule has 0 bridgehead atoms. The number of thiophene rings is 1. The molecule has 90 valence electrons. The summed E-state index contributed by atoms with van der Waals surface area (Å²) in [5.41, 5.74) is 7.94. The van der Waals surface area contributed by atoms with Crippen LogP contribution in [0.1, 0.15) is 22.2 Å². The van der Waals surface area contributed by atoms with Crippen molar-refractivity contribution in [2.24, 2.45) is 5.73 Å². The first kappa shape index (κ1) is 12.3. The third kappa shape index (κ3) is 2.41. The normalized spacial score (nSPS) is 11.8. The van der Waals surface area contributed by atoms with Crippen LogP contribution in [0.3, 0.4) is 0 Å². The molecule has 0 saturated heterocycles. The van der Waals surface area contributed by atoms with Crippen LogP contribution in [0.2, 0.25) is 0 Å². The lowest BCUT2D eigenvalue weighted by atomic mass is 10.1. The number of allylic oxidation sites excluding steroid dienone is 1. The summed E-state index contributed by atoms with van der Waals surface area (Å²) in [4.78, 5) is 6.15. The van der Waals surface area contributed by atoms with Gasteiger partial charge in [-0.15, -0.1) is 11.3 Å². The second-order valence-electron chi connectivity index (χ2n) is 3.76. The third-order valence-corrected chi connectivity index (χ3v) is 3.89. The van der Waals surface area contributed by atoms with Crippen molar-refractivity contribution in [1.29, 1.82) is 5.26 Å². The van der Waals surface area contributed by atoms with Gasteiger partial charge in [-0.3, -0.25) is 4.98 Å². The van der Waals surface area contributed by atoms with Crippen molar-refractivity contribution in [3.8, 4) is 6.07 Å². The van der Waals surface area contributed by atoms with Crippen molar-refractivity contribution >= 4 is 22.6 Å². The summed E-state index contributed by atoms with van der Waals surface area (Å²) >= 11 is 1.63. The Labute approximate surface area is 110 Å². The summed E-state index contributed by atoms with van der Waals surface area (Å²) in [6, 6.07) is 9.78. The van der Waals surface area contributed by atoms with Gasteiger partial charge in [-0.2, -0.15) is 5.26 Å². The molecule has 0 saturated carbocycles. The fraction of sp³-hybridized carbons (Fsp3) is 0.143. The Bertz CT molecular complexity index is 605. The van der Waals surface area contributed by atoms with Gasteiger partial charge in [0, 0.05) is 17.3 Å². The maximum Gasteiger partial charge on any atom is 0.102 e. The Morgan fingerprint density at radius 2 is 2.06 bits per heavy atom. The topological polar surface area (TPSA) is 62.7 Å². The van der Waals surface area contributed by atoms with Crippen molar-refractivity contribution in [1.82, 2.24) is 4.98 Å². The minimum Gasteiger partial charge on any atom is -0.396 e. The van der Waals surface area contributed by atoms with Crippen molar-refractivity contribution in [2.75, 3.05) is 0 Å². The van der Waals surface area contributed by atoms with Crippen LogP contribution in [0, 0.1) is 11.3 Å². The first-order valence-electron chi connectivity index (χ1n) is 5.65. The van der Waals surface area contributed by atoms with E-state index in [1.807, 2.05) is 6.07 Å². The number of nitriles is 1. The maximum absolute atomic E-state index is 9.27. The summed E-state index contributed by atoms with van der Waals surface area (Å²) in [6.45, 7) is 2.10. The molecule has 0 amide bonds. The zero-order valence-corrected chi connectivity index (χ0v) is 10.9. The summed E-state index contributed by atoms with van der Waals surface area (Å²) in [6.07, 6.45) is 4.30. The molecule has 2 aromatic heterocycles. The molecule has 3 nitrogen and oxygen atoms in total. The molecule has 2 aromatic rings. The largest absolute Gasteiger partial charge is 0.396 e. The average molecular weight is 255 g/mol. The maximum atomic E-state index is 9.27. The molecule has 2 rings (SSSR count). The summed E-state index contributed by atoms with van der Waals surface area (Å²) in [5.74, 6) is 0. The minimum absolute atomic E-state index is 0.502. The molecular formula is C14H13N3S. The zero-order valence-electron chi connectivity index (χ0n) is 10.1. The Morgan fingerprint density at radius 1 is 1.33 bits per heavy atom. The molecule has 0 aromatic carbocycles. The fourth-order valence-electron chi connectivity index (χ4n) is 1.63. The van der Waals surface area contributed by atoms with Gasteiger partial charge in [0.05, 0.1) is 16.1 Å². The van der Waals surface area contributed by atoms with Crippen LogP contribution in [-0.4, -0.2) is 4.98 Å². The van der Waals surface area contributed by atoms with Gasteiger partial charge in [0.25, 0.3) is 0 Å². The van der Waals surface area contributed by atoms with Gasteiger partial charge in [-0.1, -0.05) is 6.92 Å². The SMILES string of the molecule is CCc1ccc(/C(N)=C(/C#N)c2ccncc2)s1. The molecule has 0 spiro atoms. The number of rotatable bonds is 3. The molecule has 0 atom stereocenters. The van der Waals surface area contributed by atoms with E-state index < -0.39 is 0 Å². The van der Waals surface area contributed by atoms with E-state index >= 15 is 0 Å². The van der Waals surface area contributed by atoms with E-state index in [0.29, 0.717) is 11.3 Å². The molecule has 0 fully saturated rings. The van der Waals surface area contributed by atoms with Gasteiger partial charge in [0.1, 0.15) is 6.07 Å². The highest BCUT2D eigenvalue weighted by atomic mass is 32.1. The van der Waals surface area contributed by atoms with Crippen LogP contribution in [0.4, 0.5) is 0 Å². The lowest BCUT2D eigenvalue weighted by Gasteiger charge is -2.03. The average Bonchev–Trinajstić information content (AvgIpc) is 2.89. The highest BCUT2D eigenvalue weighted by molar-refractivity contribution is 7.13. The molecular weight excluding hydrogens is 242 g/mol. The van der Waals surface area contributed by atoms with E-state index in [9.17, 15) is 5.26 Å². The number of aromatic nitrogens is 1. The summed E-state index contributed by atoms with van der Waals surface area (Å²) in [7, 11) is 0. The third-order valence-electron chi connectivity index (χ3n) is 2.63. The summed E-state index contributed by atoms with van der Waals surface area (Å²) < 4.78 is 0. The van der Waals surface area contributed by atoms with Gasteiger partial charge in [0.2, 0.25) is 0 Å². The predicted molar refractivity (Wildman–Crippen MR) is 74.5 cm³/mol. The van der Waals surface area contributed by atoms with Gasteiger partial charge in [-0.05, 0) is 36.2 Å². The standard InChI is InChI=1S/C14H13N3S/c1-2-11-3-4-13(18-11)14(16)12(9-15)10-5-7-17-8-6-10/h3-8H,2,16H2,1H3/b14-12+. The monoisotopic (exact) mass is 255 g/mol. The number of hydrogen-bond donors (Lipinski definition) is 1. The number of aryl methyl sites for hydroxylation is 1. The van der Waals surface area contributed by atoms with Crippen LogP contribution < -0.4 is 5.73 Å². The Hall–Kier alpha value is -2.12. The highest BCUT2D eigenvalue weighted by Crippen LogP contribution is 2.27. The number of pyridine rings is 1.